The van der Waals surface area contributed by atoms with Crippen molar-refractivity contribution >= 4 is 5.97 Å². The van der Waals surface area contributed by atoms with Gasteiger partial charge in [0.25, 0.3) is 0 Å². The summed E-state index contributed by atoms with van der Waals surface area (Å²) in [6.07, 6.45) is 1.96. The molecule has 3 nitrogen and oxygen atoms in total. The first-order valence-corrected chi connectivity index (χ1v) is 4.75. The van der Waals surface area contributed by atoms with Crippen molar-refractivity contribution in [3.8, 4) is 0 Å². The second-order valence-corrected chi connectivity index (χ2v) is 4.62. The topological polar surface area (TPSA) is 52.3 Å². The summed E-state index contributed by atoms with van der Waals surface area (Å²) in [5.41, 5.74) is 5.64. The van der Waals surface area contributed by atoms with Gasteiger partial charge in [0.1, 0.15) is 6.04 Å². The molecule has 0 saturated heterocycles. The van der Waals surface area contributed by atoms with Gasteiger partial charge in [0.2, 0.25) is 0 Å². The van der Waals surface area contributed by atoms with Crippen LogP contribution in [-0.2, 0) is 9.53 Å². The Balaban J connectivity index is 3.42. The van der Waals surface area contributed by atoms with Crippen molar-refractivity contribution < 1.29 is 9.53 Å². The maximum atomic E-state index is 10.9. The molecule has 0 amide bonds. The van der Waals surface area contributed by atoms with E-state index in [4.69, 9.17) is 10.5 Å². The summed E-state index contributed by atoms with van der Waals surface area (Å²) in [4.78, 5) is 10.9. The van der Waals surface area contributed by atoms with Crippen molar-refractivity contribution in [2.45, 2.75) is 46.6 Å². The van der Waals surface area contributed by atoms with Crippen LogP contribution in [0.1, 0.15) is 40.5 Å². The molecule has 2 N–H and O–H groups in total. The average Bonchev–Trinajstić information content (AvgIpc) is 1.95. The summed E-state index contributed by atoms with van der Waals surface area (Å²) in [7, 11) is 0. The van der Waals surface area contributed by atoms with Crippen molar-refractivity contribution in [1.82, 2.24) is 0 Å². The van der Waals surface area contributed by atoms with E-state index in [0.29, 0.717) is 12.0 Å². The van der Waals surface area contributed by atoms with E-state index in [1.165, 1.54) is 0 Å². The number of esters is 1. The molecular formula is C10H21NO2. The van der Waals surface area contributed by atoms with Gasteiger partial charge in [-0.05, 0) is 25.2 Å². The van der Waals surface area contributed by atoms with Gasteiger partial charge in [-0.3, -0.25) is 4.79 Å². The van der Waals surface area contributed by atoms with Crippen LogP contribution in [0.4, 0.5) is 0 Å². The Kier molecular flexibility index (Phi) is 4.99. The molecule has 0 aromatic rings. The zero-order valence-electron chi connectivity index (χ0n) is 9.09. The van der Waals surface area contributed by atoms with Crippen molar-refractivity contribution in [2.24, 2.45) is 11.1 Å². The molecule has 0 aliphatic carbocycles. The molecule has 0 rings (SSSR count). The van der Waals surface area contributed by atoms with Gasteiger partial charge in [-0.15, -0.1) is 0 Å². The van der Waals surface area contributed by atoms with Crippen LogP contribution >= 0.6 is 0 Å². The summed E-state index contributed by atoms with van der Waals surface area (Å²) in [6, 6.07) is -0.505. The minimum Gasteiger partial charge on any atom is -0.465 e. The molecule has 0 unspecified atom stereocenters. The number of hydrogen-bond donors (Lipinski definition) is 1. The molecule has 78 valence electrons. The van der Waals surface area contributed by atoms with Crippen LogP contribution in [0.15, 0.2) is 0 Å². The molecule has 0 fully saturated rings. The molecule has 1 atom stereocenters. The van der Waals surface area contributed by atoms with Crippen molar-refractivity contribution in [3.05, 3.63) is 0 Å². The van der Waals surface area contributed by atoms with Crippen molar-refractivity contribution in [3.63, 3.8) is 0 Å². The van der Waals surface area contributed by atoms with Gasteiger partial charge in [-0.1, -0.05) is 20.8 Å². The molecule has 3 heteroatoms. The summed E-state index contributed by atoms with van der Waals surface area (Å²) in [6.45, 7) is 8.62. The predicted octanol–water partition coefficient (Wildman–Crippen LogP) is 1.70. The molecule has 0 saturated carbocycles. The lowest BCUT2D eigenvalue weighted by atomic mass is 9.91. The molecule has 0 radical (unpaired) electrons. The minimum atomic E-state index is -0.505. The highest BCUT2D eigenvalue weighted by atomic mass is 16.5. The van der Waals surface area contributed by atoms with Gasteiger partial charge in [-0.2, -0.15) is 0 Å². The zero-order valence-corrected chi connectivity index (χ0v) is 9.09. The Labute approximate surface area is 80.6 Å². The van der Waals surface area contributed by atoms with E-state index in [0.717, 1.165) is 12.8 Å². The lowest BCUT2D eigenvalue weighted by Crippen LogP contribution is -2.29. The standard InChI is InChI=1S/C10H21NO2/c1-8(11)9(12)13-7-5-6-10(2,3)4/h8H,5-7,11H2,1-4H3/t8-/m0/s1. The second kappa shape index (κ2) is 5.22. The van der Waals surface area contributed by atoms with E-state index in [1.54, 1.807) is 6.92 Å². The lowest BCUT2D eigenvalue weighted by Gasteiger charge is -2.17. The highest BCUT2D eigenvalue weighted by Gasteiger charge is 2.11. The quantitative estimate of drug-likeness (QED) is 0.538. The van der Waals surface area contributed by atoms with E-state index < -0.39 is 6.04 Å². The minimum absolute atomic E-state index is 0.306. The van der Waals surface area contributed by atoms with Gasteiger partial charge in [0, 0.05) is 0 Å². The fraction of sp³-hybridized carbons (Fsp3) is 0.900. The van der Waals surface area contributed by atoms with Crippen LogP contribution in [0.3, 0.4) is 0 Å². The van der Waals surface area contributed by atoms with Crippen LogP contribution in [0.5, 0.6) is 0 Å². The van der Waals surface area contributed by atoms with E-state index >= 15 is 0 Å². The number of carbonyl (C=O) groups excluding carboxylic acids is 1. The fourth-order valence-electron chi connectivity index (χ4n) is 0.907. The number of hydrogen-bond acceptors (Lipinski definition) is 3. The van der Waals surface area contributed by atoms with Crippen molar-refractivity contribution in [1.29, 1.82) is 0 Å². The molecule has 0 bridgehead atoms. The number of ether oxygens (including phenoxy) is 1. The monoisotopic (exact) mass is 187 g/mol. The maximum absolute atomic E-state index is 10.9. The van der Waals surface area contributed by atoms with Gasteiger partial charge < -0.3 is 10.5 Å². The number of carbonyl (C=O) groups is 1. The SMILES string of the molecule is C[C@H](N)C(=O)OCCCC(C)(C)C. The first kappa shape index (κ1) is 12.4. The van der Waals surface area contributed by atoms with Crippen LogP contribution in [-0.4, -0.2) is 18.6 Å². The van der Waals surface area contributed by atoms with Gasteiger partial charge in [0.05, 0.1) is 6.61 Å². The first-order valence-electron chi connectivity index (χ1n) is 4.75. The van der Waals surface area contributed by atoms with E-state index in [1.807, 2.05) is 0 Å². The smallest absolute Gasteiger partial charge is 0.322 e. The van der Waals surface area contributed by atoms with Crippen molar-refractivity contribution in [2.75, 3.05) is 6.61 Å². The first-order chi connectivity index (χ1) is 5.83. The van der Waals surface area contributed by atoms with Crippen LogP contribution in [0.2, 0.25) is 0 Å². The molecule has 0 aliphatic heterocycles. The Morgan fingerprint density at radius 1 is 1.46 bits per heavy atom. The fourth-order valence-corrected chi connectivity index (χ4v) is 0.907. The third-order valence-electron chi connectivity index (χ3n) is 1.69. The Hall–Kier alpha value is -0.570. The van der Waals surface area contributed by atoms with Gasteiger partial charge >= 0.3 is 5.97 Å². The van der Waals surface area contributed by atoms with E-state index in [2.05, 4.69) is 20.8 Å². The summed E-state index contributed by atoms with van der Waals surface area (Å²) < 4.78 is 4.93. The second-order valence-electron chi connectivity index (χ2n) is 4.62. The van der Waals surface area contributed by atoms with Crippen LogP contribution < -0.4 is 5.73 Å². The van der Waals surface area contributed by atoms with E-state index in [9.17, 15) is 4.79 Å². The average molecular weight is 187 g/mol. The number of rotatable bonds is 4. The van der Waals surface area contributed by atoms with Crippen LogP contribution in [0.25, 0.3) is 0 Å². The Morgan fingerprint density at radius 3 is 2.38 bits per heavy atom. The van der Waals surface area contributed by atoms with E-state index in [-0.39, 0.29) is 5.97 Å². The third kappa shape index (κ3) is 7.78. The van der Waals surface area contributed by atoms with Gasteiger partial charge in [0.15, 0.2) is 0 Å². The summed E-state index contributed by atoms with van der Waals surface area (Å²) >= 11 is 0. The Morgan fingerprint density at radius 2 is 2.00 bits per heavy atom. The molecule has 0 heterocycles. The highest BCUT2D eigenvalue weighted by Crippen LogP contribution is 2.20. The number of nitrogens with two attached hydrogens (primary N) is 1. The maximum Gasteiger partial charge on any atom is 0.322 e. The zero-order chi connectivity index (χ0) is 10.5. The third-order valence-corrected chi connectivity index (χ3v) is 1.69. The van der Waals surface area contributed by atoms with Crippen LogP contribution in [0, 0.1) is 5.41 Å². The summed E-state index contributed by atoms with van der Waals surface area (Å²) in [5, 5.41) is 0. The molecule has 0 aromatic carbocycles. The largest absolute Gasteiger partial charge is 0.465 e. The molecular weight excluding hydrogens is 166 g/mol. The lowest BCUT2D eigenvalue weighted by molar-refractivity contribution is -0.145. The highest BCUT2D eigenvalue weighted by molar-refractivity contribution is 5.74. The molecule has 0 aromatic heterocycles. The molecule has 13 heavy (non-hydrogen) atoms. The summed E-state index contributed by atoms with van der Waals surface area (Å²) in [5.74, 6) is -0.311. The normalized spacial score (nSPS) is 13.9. The molecule has 0 spiro atoms. The predicted molar refractivity (Wildman–Crippen MR) is 53.3 cm³/mol. The van der Waals surface area contributed by atoms with Gasteiger partial charge in [-0.25, -0.2) is 0 Å². The Bertz CT molecular complexity index is 159. The molecule has 0 aliphatic rings.